The first-order valence-corrected chi connectivity index (χ1v) is 11.6. The van der Waals surface area contributed by atoms with Crippen molar-refractivity contribution in [3.05, 3.63) is 75.2 Å². The van der Waals surface area contributed by atoms with Gasteiger partial charge in [-0.25, -0.2) is 9.67 Å². The number of carbonyl (C=O) groups is 2. The number of alkyl halides is 3. The number of anilines is 1. The monoisotopic (exact) mass is 539 g/mol. The highest BCUT2D eigenvalue weighted by molar-refractivity contribution is 6.32. The van der Waals surface area contributed by atoms with Gasteiger partial charge in [-0.05, 0) is 50.1 Å². The number of rotatable bonds is 7. The molecule has 3 rings (SSSR count). The summed E-state index contributed by atoms with van der Waals surface area (Å²) in [6.07, 6.45) is 0.554. The number of hydrogen-bond donors (Lipinski definition) is 2. The highest BCUT2D eigenvalue weighted by atomic mass is 35.5. The molecular weight excluding hydrogens is 518 g/mol. The molecule has 190 valence electrons. The first-order valence-electron chi connectivity index (χ1n) is 10.8. The molecule has 2 heterocycles. The van der Waals surface area contributed by atoms with Gasteiger partial charge in [-0.15, -0.1) is 0 Å². The number of aromatic nitrogens is 3. The molecule has 0 aliphatic carbocycles. The van der Waals surface area contributed by atoms with Crippen LogP contribution >= 0.6 is 23.2 Å². The van der Waals surface area contributed by atoms with Gasteiger partial charge in [-0.3, -0.25) is 9.59 Å². The minimum Gasteiger partial charge on any atom is -0.350 e. The van der Waals surface area contributed by atoms with Crippen LogP contribution in [0.3, 0.4) is 0 Å². The molecule has 2 aromatic heterocycles. The molecule has 0 aliphatic rings. The lowest BCUT2D eigenvalue weighted by Crippen LogP contribution is -2.31. The minimum absolute atomic E-state index is 0.0153. The van der Waals surface area contributed by atoms with E-state index in [-0.39, 0.29) is 33.2 Å². The SMILES string of the molecule is CC/C=C\c1cc(Cl)cc(C(=O)NC(C)C)c1NC(=O)c1cc(C(F)(F)F)nn1-c1ncccc1Cl. The van der Waals surface area contributed by atoms with Crippen LogP contribution < -0.4 is 10.6 Å². The van der Waals surface area contributed by atoms with Gasteiger partial charge in [0.25, 0.3) is 11.8 Å². The van der Waals surface area contributed by atoms with Gasteiger partial charge in [-0.1, -0.05) is 42.3 Å². The summed E-state index contributed by atoms with van der Waals surface area (Å²) in [6, 6.07) is 6.15. The van der Waals surface area contributed by atoms with E-state index >= 15 is 0 Å². The molecule has 0 unspecified atom stereocenters. The van der Waals surface area contributed by atoms with Gasteiger partial charge < -0.3 is 10.6 Å². The van der Waals surface area contributed by atoms with Crippen LogP contribution in [0.1, 0.15) is 59.3 Å². The Morgan fingerprint density at radius 3 is 2.50 bits per heavy atom. The van der Waals surface area contributed by atoms with Crippen LogP contribution in [0.4, 0.5) is 18.9 Å². The summed E-state index contributed by atoms with van der Waals surface area (Å²) in [4.78, 5) is 30.2. The maximum atomic E-state index is 13.5. The quantitative estimate of drug-likeness (QED) is 0.363. The predicted molar refractivity (Wildman–Crippen MR) is 133 cm³/mol. The molecule has 0 spiro atoms. The standard InChI is InChI=1S/C24H22Cl2F3N5O2/c1-4-5-7-14-10-15(25)11-16(22(35)31-13(2)3)20(14)32-23(36)18-12-19(24(27,28)29)33-34(18)21-17(26)8-6-9-30-21/h5-13H,4H2,1-3H3,(H,31,35)(H,32,36)/b7-5-. The second-order valence-electron chi connectivity index (χ2n) is 7.94. The van der Waals surface area contributed by atoms with Crippen LogP contribution in [0.2, 0.25) is 10.0 Å². The molecule has 0 bridgehead atoms. The van der Waals surface area contributed by atoms with Crippen molar-refractivity contribution in [2.45, 2.75) is 39.4 Å². The molecule has 0 radical (unpaired) electrons. The zero-order chi connectivity index (χ0) is 26.6. The van der Waals surface area contributed by atoms with E-state index in [9.17, 15) is 22.8 Å². The largest absolute Gasteiger partial charge is 0.435 e. The lowest BCUT2D eigenvalue weighted by molar-refractivity contribution is -0.141. The van der Waals surface area contributed by atoms with Crippen molar-refractivity contribution in [2.24, 2.45) is 0 Å². The zero-order valence-electron chi connectivity index (χ0n) is 19.5. The lowest BCUT2D eigenvalue weighted by atomic mass is 10.0. The molecule has 1 aromatic carbocycles. The van der Waals surface area contributed by atoms with Gasteiger partial charge in [0.2, 0.25) is 0 Å². The van der Waals surface area contributed by atoms with E-state index in [1.807, 2.05) is 6.92 Å². The Labute approximate surface area is 215 Å². The molecule has 7 nitrogen and oxygen atoms in total. The average molecular weight is 540 g/mol. The van der Waals surface area contributed by atoms with E-state index in [4.69, 9.17) is 23.2 Å². The van der Waals surface area contributed by atoms with E-state index < -0.39 is 29.4 Å². The van der Waals surface area contributed by atoms with E-state index in [1.165, 1.54) is 30.5 Å². The predicted octanol–water partition coefficient (Wildman–Crippen LogP) is 6.41. The van der Waals surface area contributed by atoms with Crippen molar-refractivity contribution in [3.8, 4) is 5.82 Å². The van der Waals surface area contributed by atoms with Crippen molar-refractivity contribution in [2.75, 3.05) is 5.32 Å². The van der Waals surface area contributed by atoms with E-state index in [1.54, 1.807) is 26.0 Å². The minimum atomic E-state index is -4.83. The Bertz CT molecular complexity index is 1320. The number of allylic oxidation sites excluding steroid dienone is 1. The van der Waals surface area contributed by atoms with Crippen LogP contribution in [0.25, 0.3) is 11.9 Å². The van der Waals surface area contributed by atoms with Crippen LogP contribution in [-0.4, -0.2) is 32.6 Å². The van der Waals surface area contributed by atoms with Crippen LogP contribution in [0.5, 0.6) is 0 Å². The Balaban J connectivity index is 2.16. The molecule has 0 fully saturated rings. The Morgan fingerprint density at radius 1 is 1.17 bits per heavy atom. The van der Waals surface area contributed by atoms with Gasteiger partial charge in [0.05, 0.1) is 16.3 Å². The van der Waals surface area contributed by atoms with Crippen molar-refractivity contribution >= 4 is 46.8 Å². The average Bonchev–Trinajstić information content (AvgIpc) is 3.24. The Kier molecular flexibility index (Phi) is 8.42. The fourth-order valence-corrected chi connectivity index (χ4v) is 3.64. The maximum absolute atomic E-state index is 13.5. The lowest BCUT2D eigenvalue weighted by Gasteiger charge is -2.17. The van der Waals surface area contributed by atoms with Crippen molar-refractivity contribution in [3.63, 3.8) is 0 Å². The zero-order valence-corrected chi connectivity index (χ0v) is 21.0. The van der Waals surface area contributed by atoms with Gasteiger partial charge in [0.15, 0.2) is 11.5 Å². The van der Waals surface area contributed by atoms with Crippen LogP contribution in [0, 0.1) is 0 Å². The maximum Gasteiger partial charge on any atom is 0.435 e. The molecule has 2 amide bonds. The molecule has 0 aliphatic heterocycles. The second-order valence-corrected chi connectivity index (χ2v) is 8.79. The number of nitrogens with zero attached hydrogens (tertiary/aromatic N) is 3. The van der Waals surface area contributed by atoms with Gasteiger partial charge in [-0.2, -0.15) is 18.3 Å². The number of benzene rings is 1. The summed E-state index contributed by atoms with van der Waals surface area (Å²) in [5.41, 5.74) is -1.29. The van der Waals surface area contributed by atoms with Gasteiger partial charge >= 0.3 is 6.18 Å². The third-order valence-electron chi connectivity index (χ3n) is 4.74. The van der Waals surface area contributed by atoms with Crippen molar-refractivity contribution in [1.82, 2.24) is 20.1 Å². The second kappa shape index (κ2) is 11.1. The highest BCUT2D eigenvalue weighted by Crippen LogP contribution is 2.32. The highest BCUT2D eigenvalue weighted by Gasteiger charge is 2.37. The number of amides is 2. The third kappa shape index (κ3) is 6.24. The molecule has 0 saturated heterocycles. The fourth-order valence-electron chi connectivity index (χ4n) is 3.22. The van der Waals surface area contributed by atoms with Crippen LogP contribution in [-0.2, 0) is 6.18 Å². The number of hydrogen-bond acceptors (Lipinski definition) is 4. The fraction of sp³-hybridized carbons (Fsp3) is 0.250. The summed E-state index contributed by atoms with van der Waals surface area (Å²) in [5, 5.41) is 9.05. The summed E-state index contributed by atoms with van der Waals surface area (Å²) < 4.78 is 41.2. The number of pyridine rings is 1. The summed E-state index contributed by atoms with van der Waals surface area (Å²) in [7, 11) is 0. The summed E-state index contributed by atoms with van der Waals surface area (Å²) in [6.45, 7) is 5.40. The van der Waals surface area contributed by atoms with E-state index in [0.29, 0.717) is 22.7 Å². The molecule has 36 heavy (non-hydrogen) atoms. The topological polar surface area (TPSA) is 88.9 Å². The van der Waals surface area contributed by atoms with E-state index in [0.717, 1.165) is 0 Å². The first kappa shape index (κ1) is 27.2. The smallest absolute Gasteiger partial charge is 0.350 e. The molecule has 12 heteroatoms. The van der Waals surface area contributed by atoms with Gasteiger partial charge in [0.1, 0.15) is 5.69 Å². The van der Waals surface area contributed by atoms with Gasteiger partial charge in [0, 0.05) is 23.3 Å². The first-order chi connectivity index (χ1) is 16.9. The van der Waals surface area contributed by atoms with E-state index in [2.05, 4.69) is 20.7 Å². The number of halogens is 5. The number of carbonyl (C=O) groups excluding carboxylic acids is 2. The van der Waals surface area contributed by atoms with Crippen molar-refractivity contribution < 1.29 is 22.8 Å². The molecule has 0 atom stereocenters. The summed E-state index contributed by atoms with van der Waals surface area (Å²) in [5.74, 6) is -1.65. The Hall–Kier alpha value is -3.37. The molecule has 3 aromatic rings. The Morgan fingerprint density at radius 2 is 1.89 bits per heavy atom. The number of nitrogens with one attached hydrogen (secondary N) is 2. The normalized spacial score (nSPS) is 11.8. The van der Waals surface area contributed by atoms with Crippen LogP contribution in [0.15, 0.2) is 42.6 Å². The summed E-state index contributed by atoms with van der Waals surface area (Å²) >= 11 is 12.3. The molecule has 0 saturated carbocycles. The molecule has 2 N–H and O–H groups in total. The van der Waals surface area contributed by atoms with Crippen molar-refractivity contribution in [1.29, 1.82) is 0 Å². The molecular formula is C24H22Cl2F3N5O2. The third-order valence-corrected chi connectivity index (χ3v) is 5.26.